The Labute approximate surface area is 149 Å². The lowest BCUT2D eigenvalue weighted by molar-refractivity contribution is -0.134. The second kappa shape index (κ2) is 8.39. The van der Waals surface area contributed by atoms with Crippen LogP contribution in [0.25, 0.3) is 0 Å². The van der Waals surface area contributed by atoms with Gasteiger partial charge in [-0.1, -0.05) is 18.2 Å². The molecule has 130 valence electrons. The lowest BCUT2D eigenvalue weighted by Gasteiger charge is -2.25. The standard InChI is InChI=1S/C17H17N3O4S/c21-16(11-25-10-12-5-3-4-8-18-12)19-20-17(22)15-9-23-13-6-1-2-7-14(13)24-15/h1-8,15H,9-11H2,(H,19,21)(H,20,22). The monoisotopic (exact) mass is 359 g/mol. The maximum Gasteiger partial charge on any atom is 0.283 e. The average molecular weight is 359 g/mol. The number of thioether (sulfide) groups is 1. The Kier molecular flexibility index (Phi) is 5.73. The van der Waals surface area contributed by atoms with E-state index in [0.29, 0.717) is 17.3 Å². The van der Waals surface area contributed by atoms with Gasteiger partial charge in [0.15, 0.2) is 11.5 Å². The van der Waals surface area contributed by atoms with E-state index in [2.05, 4.69) is 15.8 Å². The summed E-state index contributed by atoms with van der Waals surface area (Å²) in [4.78, 5) is 28.0. The molecule has 7 nitrogen and oxygen atoms in total. The Morgan fingerprint density at radius 1 is 1.12 bits per heavy atom. The number of hydrogen-bond acceptors (Lipinski definition) is 6. The third-order valence-corrected chi connectivity index (χ3v) is 4.30. The number of amides is 2. The fraction of sp³-hybridized carbons (Fsp3) is 0.235. The van der Waals surface area contributed by atoms with Crippen molar-refractivity contribution in [1.29, 1.82) is 0 Å². The van der Waals surface area contributed by atoms with Crippen molar-refractivity contribution in [2.45, 2.75) is 11.9 Å². The first-order valence-corrected chi connectivity index (χ1v) is 8.82. The van der Waals surface area contributed by atoms with E-state index in [4.69, 9.17) is 9.47 Å². The van der Waals surface area contributed by atoms with Gasteiger partial charge in [0.05, 0.1) is 11.4 Å². The van der Waals surface area contributed by atoms with Crippen LogP contribution in [0.5, 0.6) is 11.5 Å². The molecule has 2 amide bonds. The summed E-state index contributed by atoms with van der Waals surface area (Å²) in [6, 6.07) is 12.7. The second-order valence-electron chi connectivity index (χ2n) is 5.22. The largest absolute Gasteiger partial charge is 0.485 e. The van der Waals surface area contributed by atoms with Crippen LogP contribution in [0.3, 0.4) is 0 Å². The summed E-state index contributed by atoms with van der Waals surface area (Å²) in [5.41, 5.74) is 5.63. The molecule has 1 aromatic heterocycles. The molecule has 1 aromatic carbocycles. The van der Waals surface area contributed by atoms with Crippen LogP contribution >= 0.6 is 11.8 Å². The normalized spacial score (nSPS) is 15.3. The minimum Gasteiger partial charge on any atom is -0.485 e. The van der Waals surface area contributed by atoms with Gasteiger partial charge in [-0.3, -0.25) is 25.4 Å². The van der Waals surface area contributed by atoms with E-state index in [9.17, 15) is 9.59 Å². The molecule has 25 heavy (non-hydrogen) atoms. The molecule has 0 aliphatic carbocycles. The first kappa shape index (κ1) is 17.1. The molecule has 3 rings (SSSR count). The van der Waals surface area contributed by atoms with E-state index >= 15 is 0 Å². The number of aromatic nitrogens is 1. The van der Waals surface area contributed by atoms with E-state index in [1.165, 1.54) is 11.8 Å². The van der Waals surface area contributed by atoms with Crippen LogP contribution in [0.15, 0.2) is 48.7 Å². The summed E-state index contributed by atoms with van der Waals surface area (Å²) in [6.07, 6.45) is 0.900. The SMILES string of the molecule is O=C(CSCc1ccccn1)NNC(=O)C1COc2ccccc2O1. The van der Waals surface area contributed by atoms with E-state index in [-0.39, 0.29) is 18.3 Å². The number of pyridine rings is 1. The molecule has 0 saturated carbocycles. The zero-order valence-corrected chi connectivity index (χ0v) is 14.1. The van der Waals surface area contributed by atoms with Gasteiger partial charge in [0.2, 0.25) is 12.0 Å². The van der Waals surface area contributed by atoms with Gasteiger partial charge in [-0.15, -0.1) is 11.8 Å². The fourth-order valence-electron chi connectivity index (χ4n) is 2.13. The van der Waals surface area contributed by atoms with Crippen LogP contribution in [0.1, 0.15) is 5.69 Å². The smallest absolute Gasteiger partial charge is 0.283 e. The molecule has 1 unspecified atom stereocenters. The minimum atomic E-state index is -0.809. The van der Waals surface area contributed by atoms with Gasteiger partial charge < -0.3 is 9.47 Å². The van der Waals surface area contributed by atoms with Crippen molar-refractivity contribution in [1.82, 2.24) is 15.8 Å². The molecule has 1 aliphatic heterocycles. The number of nitrogens with zero attached hydrogens (tertiary/aromatic N) is 1. The molecule has 1 atom stereocenters. The topological polar surface area (TPSA) is 89.6 Å². The quantitative estimate of drug-likeness (QED) is 0.783. The van der Waals surface area contributed by atoms with Gasteiger partial charge in [-0.25, -0.2) is 0 Å². The summed E-state index contributed by atoms with van der Waals surface area (Å²) in [5, 5.41) is 0. The molecule has 0 saturated heterocycles. The summed E-state index contributed by atoms with van der Waals surface area (Å²) < 4.78 is 11.0. The van der Waals surface area contributed by atoms with Crippen molar-refractivity contribution in [3.05, 3.63) is 54.4 Å². The summed E-state index contributed by atoms with van der Waals surface area (Å²) in [7, 11) is 0. The fourth-order valence-corrected chi connectivity index (χ4v) is 2.87. The van der Waals surface area contributed by atoms with Crippen LogP contribution in [-0.2, 0) is 15.3 Å². The number of carbonyl (C=O) groups is 2. The molecular formula is C17H17N3O4S. The van der Waals surface area contributed by atoms with Gasteiger partial charge in [0, 0.05) is 11.9 Å². The van der Waals surface area contributed by atoms with Crippen molar-refractivity contribution < 1.29 is 19.1 Å². The van der Waals surface area contributed by atoms with Crippen LogP contribution in [0.2, 0.25) is 0 Å². The number of ether oxygens (including phenoxy) is 2. The van der Waals surface area contributed by atoms with Gasteiger partial charge in [-0.2, -0.15) is 0 Å². The number of benzene rings is 1. The minimum absolute atomic E-state index is 0.0904. The van der Waals surface area contributed by atoms with Crippen molar-refractivity contribution in [2.75, 3.05) is 12.4 Å². The maximum absolute atomic E-state index is 12.1. The molecule has 2 aromatic rings. The number of nitrogens with one attached hydrogen (secondary N) is 2. The molecule has 1 aliphatic rings. The van der Waals surface area contributed by atoms with Crippen molar-refractivity contribution in [2.24, 2.45) is 0 Å². The Hall–Kier alpha value is -2.74. The number of hydrazine groups is 1. The predicted octanol–water partition coefficient (Wildman–Crippen LogP) is 1.30. The van der Waals surface area contributed by atoms with Crippen molar-refractivity contribution >= 4 is 23.6 Å². The maximum atomic E-state index is 12.1. The Balaban J connectivity index is 1.38. The molecule has 2 N–H and O–H groups in total. The Bertz CT molecular complexity index is 742. The second-order valence-corrected chi connectivity index (χ2v) is 6.20. The highest BCUT2D eigenvalue weighted by Gasteiger charge is 2.27. The van der Waals surface area contributed by atoms with Crippen molar-refractivity contribution in [3.8, 4) is 11.5 Å². The number of para-hydroxylation sites is 2. The molecule has 0 bridgehead atoms. The highest BCUT2D eigenvalue weighted by molar-refractivity contribution is 7.99. The number of hydrogen-bond donors (Lipinski definition) is 2. The molecule has 0 spiro atoms. The van der Waals surface area contributed by atoms with E-state index in [1.54, 1.807) is 24.4 Å². The predicted molar refractivity (Wildman–Crippen MR) is 93.0 cm³/mol. The number of carbonyl (C=O) groups excluding carboxylic acids is 2. The Morgan fingerprint density at radius 2 is 1.92 bits per heavy atom. The lowest BCUT2D eigenvalue weighted by Crippen LogP contribution is -2.51. The highest BCUT2D eigenvalue weighted by Crippen LogP contribution is 2.30. The number of rotatable bonds is 5. The average Bonchev–Trinajstić information content (AvgIpc) is 2.66. The molecule has 0 radical (unpaired) electrons. The summed E-state index contributed by atoms with van der Waals surface area (Å²) in [5.74, 6) is 1.18. The van der Waals surface area contributed by atoms with E-state index in [1.807, 2.05) is 24.3 Å². The van der Waals surface area contributed by atoms with Gasteiger partial charge in [-0.05, 0) is 24.3 Å². The van der Waals surface area contributed by atoms with E-state index < -0.39 is 12.0 Å². The Morgan fingerprint density at radius 3 is 2.72 bits per heavy atom. The summed E-state index contributed by atoms with van der Waals surface area (Å²) >= 11 is 1.41. The zero-order chi connectivity index (χ0) is 17.5. The van der Waals surface area contributed by atoms with Crippen LogP contribution < -0.4 is 20.3 Å². The van der Waals surface area contributed by atoms with Gasteiger partial charge >= 0.3 is 0 Å². The van der Waals surface area contributed by atoms with Crippen LogP contribution in [-0.4, -0.2) is 35.3 Å². The van der Waals surface area contributed by atoms with E-state index in [0.717, 1.165) is 5.69 Å². The molecule has 0 fully saturated rings. The molecular weight excluding hydrogens is 342 g/mol. The third kappa shape index (κ3) is 4.87. The third-order valence-electron chi connectivity index (χ3n) is 3.34. The molecule has 8 heteroatoms. The lowest BCUT2D eigenvalue weighted by atomic mass is 10.2. The first-order chi connectivity index (χ1) is 12.2. The van der Waals surface area contributed by atoms with Gasteiger partial charge in [0.1, 0.15) is 6.61 Å². The van der Waals surface area contributed by atoms with Crippen molar-refractivity contribution in [3.63, 3.8) is 0 Å². The number of fused-ring (bicyclic) bond motifs is 1. The first-order valence-electron chi connectivity index (χ1n) is 7.67. The highest BCUT2D eigenvalue weighted by atomic mass is 32.2. The summed E-state index contributed by atoms with van der Waals surface area (Å²) in [6.45, 7) is 0.0904. The van der Waals surface area contributed by atoms with Gasteiger partial charge in [0.25, 0.3) is 5.91 Å². The van der Waals surface area contributed by atoms with Crippen LogP contribution in [0, 0.1) is 0 Å². The zero-order valence-electron chi connectivity index (χ0n) is 13.3. The molecule has 2 heterocycles. The van der Waals surface area contributed by atoms with Crippen LogP contribution in [0.4, 0.5) is 0 Å².